The van der Waals surface area contributed by atoms with E-state index in [4.69, 9.17) is 9.47 Å². The van der Waals surface area contributed by atoms with Gasteiger partial charge in [0.05, 0.1) is 13.2 Å². The van der Waals surface area contributed by atoms with Crippen LogP contribution in [0, 0.1) is 0 Å². The van der Waals surface area contributed by atoms with Gasteiger partial charge in [0.25, 0.3) is 0 Å². The van der Waals surface area contributed by atoms with Gasteiger partial charge in [-0.25, -0.2) is 0 Å². The van der Waals surface area contributed by atoms with Crippen LogP contribution in [0.5, 0.6) is 0 Å². The Bertz CT molecular complexity index is 188. The molecule has 17 heavy (non-hydrogen) atoms. The van der Waals surface area contributed by atoms with Gasteiger partial charge >= 0.3 is 0 Å². The molecule has 0 saturated carbocycles. The smallest absolute Gasteiger partial charge is 0.0637 e. The van der Waals surface area contributed by atoms with E-state index in [1.54, 1.807) is 0 Å². The number of hydrogen-bond donors (Lipinski definition) is 1. The van der Waals surface area contributed by atoms with E-state index >= 15 is 0 Å². The van der Waals surface area contributed by atoms with Crippen molar-refractivity contribution in [3.63, 3.8) is 0 Å². The second-order valence-corrected chi connectivity index (χ2v) is 4.42. The lowest BCUT2D eigenvalue weighted by Gasteiger charge is -2.39. The van der Waals surface area contributed by atoms with Gasteiger partial charge in [0.2, 0.25) is 0 Å². The number of hydrogen-bond acceptors (Lipinski definition) is 4. The fourth-order valence-electron chi connectivity index (χ4n) is 2.47. The van der Waals surface area contributed by atoms with Gasteiger partial charge in [0.1, 0.15) is 0 Å². The number of ether oxygens (including phenoxy) is 2. The van der Waals surface area contributed by atoms with Gasteiger partial charge in [-0.3, -0.25) is 4.90 Å². The van der Waals surface area contributed by atoms with E-state index in [0.717, 1.165) is 52.5 Å². The summed E-state index contributed by atoms with van der Waals surface area (Å²) in [6.07, 6.45) is 1.11. The van der Waals surface area contributed by atoms with Crippen LogP contribution in [0.3, 0.4) is 0 Å². The van der Waals surface area contributed by atoms with Crippen LogP contribution in [0.15, 0.2) is 0 Å². The molecule has 102 valence electrons. The first-order chi connectivity index (χ1) is 8.33. The van der Waals surface area contributed by atoms with Crippen molar-refractivity contribution in [2.45, 2.75) is 39.3 Å². The lowest BCUT2D eigenvalue weighted by Crippen LogP contribution is -2.56. The minimum atomic E-state index is 0.495. The maximum Gasteiger partial charge on any atom is 0.0637 e. The molecule has 1 N–H and O–H groups in total. The van der Waals surface area contributed by atoms with Crippen LogP contribution in [-0.4, -0.2) is 63.0 Å². The van der Waals surface area contributed by atoms with E-state index in [1.807, 2.05) is 6.92 Å². The molecule has 0 aromatic carbocycles. The molecule has 1 aliphatic rings. The fraction of sp³-hybridized carbons (Fsp3) is 1.00. The molecule has 1 saturated heterocycles. The highest BCUT2D eigenvalue weighted by Crippen LogP contribution is 2.14. The van der Waals surface area contributed by atoms with Gasteiger partial charge in [0, 0.05) is 31.8 Å². The molecule has 1 aliphatic heterocycles. The zero-order chi connectivity index (χ0) is 12.5. The Balaban J connectivity index is 2.44. The Morgan fingerprint density at radius 1 is 1.35 bits per heavy atom. The molecule has 2 unspecified atom stereocenters. The van der Waals surface area contributed by atoms with Crippen molar-refractivity contribution in [1.82, 2.24) is 10.2 Å². The molecule has 1 fully saturated rings. The normalized spacial score (nSPS) is 25.4. The first-order valence-electron chi connectivity index (χ1n) is 6.96. The van der Waals surface area contributed by atoms with Gasteiger partial charge in [0.15, 0.2) is 0 Å². The third-order valence-electron chi connectivity index (χ3n) is 3.39. The second kappa shape index (κ2) is 8.86. The average Bonchev–Trinajstić information content (AvgIpc) is 2.36. The van der Waals surface area contributed by atoms with Crippen LogP contribution >= 0.6 is 0 Å². The molecular formula is C13H28N2O2. The van der Waals surface area contributed by atoms with Crippen molar-refractivity contribution in [3.8, 4) is 0 Å². The summed E-state index contributed by atoms with van der Waals surface area (Å²) in [5, 5.41) is 3.58. The van der Waals surface area contributed by atoms with Crippen molar-refractivity contribution < 1.29 is 9.47 Å². The van der Waals surface area contributed by atoms with Crippen LogP contribution in [0.2, 0.25) is 0 Å². The van der Waals surface area contributed by atoms with E-state index in [1.165, 1.54) is 0 Å². The zero-order valence-electron chi connectivity index (χ0n) is 11.6. The second-order valence-electron chi connectivity index (χ2n) is 4.42. The number of nitrogens with zero attached hydrogens (tertiary/aromatic N) is 1. The van der Waals surface area contributed by atoms with Gasteiger partial charge in [-0.15, -0.1) is 0 Å². The summed E-state index contributed by atoms with van der Waals surface area (Å²) in [5.74, 6) is 0. The molecule has 0 aromatic rings. The first kappa shape index (κ1) is 14.9. The molecule has 0 spiro atoms. The van der Waals surface area contributed by atoms with Gasteiger partial charge in [-0.2, -0.15) is 0 Å². The molecule has 4 nitrogen and oxygen atoms in total. The van der Waals surface area contributed by atoms with E-state index in [-0.39, 0.29) is 0 Å². The fourth-order valence-corrected chi connectivity index (χ4v) is 2.47. The molecule has 0 radical (unpaired) electrons. The minimum absolute atomic E-state index is 0.495. The van der Waals surface area contributed by atoms with Crippen molar-refractivity contribution in [2.24, 2.45) is 0 Å². The molecule has 1 rings (SSSR count). The highest BCUT2D eigenvalue weighted by atomic mass is 16.5. The van der Waals surface area contributed by atoms with Crippen LogP contribution in [0.4, 0.5) is 0 Å². The predicted octanol–water partition coefficient (Wildman–Crippen LogP) is 1.11. The molecular weight excluding hydrogens is 216 g/mol. The SMILES string of the molecule is CCNC1CCOCC1N(CC)CCOCC. The Kier molecular flexibility index (Phi) is 7.77. The number of nitrogens with one attached hydrogen (secondary N) is 1. The van der Waals surface area contributed by atoms with E-state index in [9.17, 15) is 0 Å². The number of likely N-dealkylation sites (N-methyl/N-ethyl adjacent to an activating group) is 2. The monoisotopic (exact) mass is 244 g/mol. The van der Waals surface area contributed by atoms with Crippen LogP contribution < -0.4 is 5.32 Å². The van der Waals surface area contributed by atoms with Crippen LogP contribution in [0.1, 0.15) is 27.2 Å². The standard InChI is InChI=1S/C13H28N2O2/c1-4-14-12-7-9-17-11-13(12)15(5-2)8-10-16-6-3/h12-14H,4-11H2,1-3H3. The van der Waals surface area contributed by atoms with E-state index < -0.39 is 0 Å². The highest BCUT2D eigenvalue weighted by molar-refractivity contribution is 4.86. The molecule has 0 aromatic heterocycles. The topological polar surface area (TPSA) is 33.7 Å². The van der Waals surface area contributed by atoms with Crippen molar-refractivity contribution in [2.75, 3.05) is 46.1 Å². The summed E-state index contributed by atoms with van der Waals surface area (Å²) in [6, 6.07) is 1.06. The summed E-state index contributed by atoms with van der Waals surface area (Å²) in [7, 11) is 0. The summed E-state index contributed by atoms with van der Waals surface area (Å²) in [5.41, 5.74) is 0. The van der Waals surface area contributed by atoms with E-state index in [0.29, 0.717) is 12.1 Å². The lowest BCUT2D eigenvalue weighted by molar-refractivity contribution is -0.0106. The molecule has 0 bridgehead atoms. The Morgan fingerprint density at radius 2 is 2.18 bits per heavy atom. The molecule has 1 heterocycles. The lowest BCUT2D eigenvalue weighted by atomic mass is 10.0. The summed E-state index contributed by atoms with van der Waals surface area (Å²) in [4.78, 5) is 2.47. The zero-order valence-corrected chi connectivity index (χ0v) is 11.6. The predicted molar refractivity (Wildman–Crippen MR) is 70.4 cm³/mol. The van der Waals surface area contributed by atoms with Gasteiger partial charge in [-0.1, -0.05) is 13.8 Å². The summed E-state index contributed by atoms with van der Waals surface area (Å²) in [6.45, 7) is 12.9. The highest BCUT2D eigenvalue weighted by Gasteiger charge is 2.29. The Hall–Kier alpha value is -0.160. The molecule has 2 atom stereocenters. The van der Waals surface area contributed by atoms with Crippen molar-refractivity contribution in [1.29, 1.82) is 0 Å². The maximum absolute atomic E-state index is 5.63. The van der Waals surface area contributed by atoms with Crippen molar-refractivity contribution >= 4 is 0 Å². The molecule has 0 aliphatic carbocycles. The average molecular weight is 244 g/mol. The van der Waals surface area contributed by atoms with Gasteiger partial charge < -0.3 is 14.8 Å². The Morgan fingerprint density at radius 3 is 2.82 bits per heavy atom. The molecule has 4 heteroatoms. The largest absolute Gasteiger partial charge is 0.380 e. The Labute approximate surface area is 106 Å². The van der Waals surface area contributed by atoms with Gasteiger partial charge in [-0.05, 0) is 26.4 Å². The van der Waals surface area contributed by atoms with Crippen LogP contribution in [-0.2, 0) is 9.47 Å². The molecule has 0 amide bonds. The third kappa shape index (κ3) is 4.92. The quantitative estimate of drug-likeness (QED) is 0.649. The summed E-state index contributed by atoms with van der Waals surface area (Å²) < 4.78 is 11.1. The van der Waals surface area contributed by atoms with Crippen LogP contribution in [0.25, 0.3) is 0 Å². The third-order valence-corrected chi connectivity index (χ3v) is 3.39. The summed E-state index contributed by atoms with van der Waals surface area (Å²) >= 11 is 0. The van der Waals surface area contributed by atoms with E-state index in [2.05, 4.69) is 24.1 Å². The minimum Gasteiger partial charge on any atom is -0.380 e. The maximum atomic E-state index is 5.63. The van der Waals surface area contributed by atoms with Crippen molar-refractivity contribution in [3.05, 3.63) is 0 Å². The number of rotatable bonds is 8. The first-order valence-corrected chi connectivity index (χ1v) is 6.96.